The number of rotatable bonds is 5. The molecule has 1 N–H and O–H groups in total. The molecule has 2 fully saturated rings. The fraction of sp³-hybridized carbons (Fsp3) is 0.583. The molecule has 6 heteroatoms. The first kappa shape index (κ1) is 21.1. The molecular weight excluding hydrogens is 378 g/mol. The molecule has 0 aliphatic carbocycles. The van der Waals surface area contributed by atoms with Crippen molar-refractivity contribution < 1.29 is 14.4 Å². The second-order valence-corrected chi connectivity index (χ2v) is 9.11. The monoisotopic (exact) mass is 411 g/mol. The Morgan fingerprint density at radius 1 is 1.17 bits per heavy atom. The van der Waals surface area contributed by atoms with Gasteiger partial charge in [-0.25, -0.2) is 0 Å². The maximum Gasteiger partial charge on any atom is 0.292 e. The molecule has 0 spiro atoms. The highest BCUT2D eigenvalue weighted by Crippen LogP contribution is 2.29. The number of piperidine rings is 2. The first-order valence-corrected chi connectivity index (χ1v) is 11.2. The van der Waals surface area contributed by atoms with Crippen LogP contribution in [0.25, 0.3) is 0 Å². The van der Waals surface area contributed by atoms with Crippen LogP contribution < -0.4 is 0 Å². The molecule has 2 saturated heterocycles. The molecule has 30 heavy (non-hydrogen) atoms. The third-order valence-electron chi connectivity index (χ3n) is 6.48. The Morgan fingerprint density at radius 3 is 2.57 bits per heavy atom. The average Bonchev–Trinajstić information content (AvgIpc) is 3.24. The number of hydrogen-bond donors (Lipinski definition) is 1. The van der Waals surface area contributed by atoms with E-state index >= 15 is 0 Å². The van der Waals surface area contributed by atoms with Gasteiger partial charge in [0.1, 0.15) is 0 Å². The van der Waals surface area contributed by atoms with Crippen molar-refractivity contribution in [2.45, 2.75) is 64.0 Å². The number of nitrogens with zero attached hydrogens (tertiary/aromatic N) is 3. The number of β-amino-alcohol motifs (C(OH)–C–C–N with tert-alkyl or cyclic N) is 1. The van der Waals surface area contributed by atoms with Crippen molar-refractivity contribution in [3.8, 4) is 0 Å². The first-order chi connectivity index (χ1) is 14.5. The summed E-state index contributed by atoms with van der Waals surface area (Å²) >= 11 is 0. The zero-order valence-corrected chi connectivity index (χ0v) is 18.1. The highest BCUT2D eigenvalue weighted by atomic mass is 16.5. The minimum Gasteiger partial charge on any atom is -0.391 e. The molecule has 1 amide bonds. The lowest BCUT2D eigenvalue weighted by Gasteiger charge is -2.31. The highest BCUT2D eigenvalue weighted by Gasteiger charge is 2.28. The van der Waals surface area contributed by atoms with Gasteiger partial charge >= 0.3 is 0 Å². The van der Waals surface area contributed by atoms with Gasteiger partial charge in [-0.15, -0.1) is 0 Å². The molecule has 162 valence electrons. The number of carbonyl (C=O) groups is 1. The van der Waals surface area contributed by atoms with E-state index in [0.717, 1.165) is 51.0 Å². The van der Waals surface area contributed by atoms with Crippen LogP contribution in [-0.4, -0.2) is 58.3 Å². The summed E-state index contributed by atoms with van der Waals surface area (Å²) in [6.45, 7) is 8.51. The SMILES string of the molecule is CC(C)c1ccc(CN2CCC(c3cc(C(=O)N4CCC[C@H](O)C4)on3)CC2)cc1. The summed E-state index contributed by atoms with van der Waals surface area (Å²) in [6, 6.07) is 10.8. The Labute approximate surface area is 178 Å². The molecule has 0 saturated carbocycles. The Hall–Kier alpha value is -2.18. The van der Waals surface area contributed by atoms with Crippen LogP contribution in [0.5, 0.6) is 0 Å². The molecule has 2 aliphatic rings. The summed E-state index contributed by atoms with van der Waals surface area (Å²) in [6.07, 6.45) is 3.19. The van der Waals surface area contributed by atoms with Crippen LogP contribution in [0, 0.1) is 0 Å². The van der Waals surface area contributed by atoms with Gasteiger partial charge in [0.05, 0.1) is 11.8 Å². The van der Waals surface area contributed by atoms with Gasteiger partial charge in [-0.3, -0.25) is 9.69 Å². The fourth-order valence-electron chi connectivity index (χ4n) is 4.53. The third kappa shape index (κ3) is 4.93. The molecule has 6 nitrogen and oxygen atoms in total. The van der Waals surface area contributed by atoms with E-state index in [9.17, 15) is 9.90 Å². The van der Waals surface area contributed by atoms with Crippen LogP contribution in [0.4, 0.5) is 0 Å². The average molecular weight is 412 g/mol. The van der Waals surface area contributed by atoms with E-state index in [0.29, 0.717) is 30.7 Å². The van der Waals surface area contributed by atoms with Gasteiger partial charge in [-0.2, -0.15) is 0 Å². The number of aromatic nitrogens is 1. The van der Waals surface area contributed by atoms with Gasteiger partial charge in [0, 0.05) is 31.6 Å². The maximum absolute atomic E-state index is 12.6. The summed E-state index contributed by atoms with van der Waals surface area (Å²) in [7, 11) is 0. The normalized spacial score (nSPS) is 21.3. The van der Waals surface area contributed by atoms with Crippen molar-refractivity contribution >= 4 is 5.91 Å². The van der Waals surface area contributed by atoms with Crippen LogP contribution in [0.3, 0.4) is 0 Å². The molecule has 2 aromatic rings. The summed E-state index contributed by atoms with van der Waals surface area (Å²) in [5.74, 6) is 1.04. The van der Waals surface area contributed by atoms with Crippen molar-refractivity contribution in [1.29, 1.82) is 0 Å². The van der Waals surface area contributed by atoms with Gasteiger partial charge in [0.25, 0.3) is 5.91 Å². The van der Waals surface area contributed by atoms with Crippen molar-refractivity contribution in [3.05, 3.63) is 52.9 Å². The van der Waals surface area contributed by atoms with Crippen LogP contribution in [0.1, 0.15) is 78.7 Å². The predicted octanol–water partition coefficient (Wildman–Crippen LogP) is 3.77. The fourth-order valence-corrected chi connectivity index (χ4v) is 4.53. The van der Waals surface area contributed by atoms with Gasteiger partial charge in [0.15, 0.2) is 0 Å². The third-order valence-corrected chi connectivity index (χ3v) is 6.48. The largest absolute Gasteiger partial charge is 0.391 e. The Kier molecular flexibility index (Phi) is 6.54. The topological polar surface area (TPSA) is 69.8 Å². The number of carbonyl (C=O) groups excluding carboxylic acids is 1. The van der Waals surface area contributed by atoms with E-state index in [4.69, 9.17) is 4.52 Å². The highest BCUT2D eigenvalue weighted by molar-refractivity contribution is 5.91. The second-order valence-electron chi connectivity index (χ2n) is 9.11. The summed E-state index contributed by atoms with van der Waals surface area (Å²) in [5.41, 5.74) is 3.63. The molecule has 0 bridgehead atoms. The lowest BCUT2D eigenvalue weighted by molar-refractivity contribution is 0.0441. The second kappa shape index (κ2) is 9.31. The molecule has 0 unspecified atom stereocenters. The minimum atomic E-state index is -0.434. The van der Waals surface area contributed by atoms with Crippen molar-refractivity contribution in [3.63, 3.8) is 0 Å². The van der Waals surface area contributed by atoms with Crippen LogP contribution >= 0.6 is 0 Å². The number of aliphatic hydroxyl groups is 1. The molecular formula is C24H33N3O3. The number of amides is 1. The first-order valence-electron chi connectivity index (χ1n) is 11.2. The molecule has 2 aliphatic heterocycles. The molecule has 3 heterocycles. The quantitative estimate of drug-likeness (QED) is 0.811. The number of hydrogen-bond acceptors (Lipinski definition) is 5. The van der Waals surface area contributed by atoms with Crippen LogP contribution in [-0.2, 0) is 6.54 Å². The van der Waals surface area contributed by atoms with Crippen LogP contribution in [0.2, 0.25) is 0 Å². The standard InChI is InChI=1S/C24H33N3O3/c1-17(2)19-7-5-18(6-8-19)15-26-12-9-20(10-13-26)22-14-23(30-25-22)24(29)27-11-3-4-21(28)16-27/h5-8,14,17,20-21,28H,3-4,9-13,15-16H2,1-2H3/t21-/m0/s1. The van der Waals surface area contributed by atoms with E-state index in [2.05, 4.69) is 48.2 Å². The van der Waals surface area contributed by atoms with Crippen LogP contribution in [0.15, 0.2) is 34.9 Å². The summed E-state index contributed by atoms with van der Waals surface area (Å²) in [4.78, 5) is 16.8. The predicted molar refractivity (Wildman–Crippen MR) is 115 cm³/mol. The van der Waals surface area contributed by atoms with Gasteiger partial charge in [-0.05, 0) is 55.8 Å². The Balaban J connectivity index is 1.29. The van der Waals surface area contributed by atoms with Crippen molar-refractivity contribution in [2.75, 3.05) is 26.2 Å². The van der Waals surface area contributed by atoms with Gasteiger partial charge in [0.2, 0.25) is 5.76 Å². The van der Waals surface area contributed by atoms with E-state index in [1.807, 2.05) is 6.07 Å². The molecule has 4 rings (SSSR count). The van der Waals surface area contributed by atoms with Crippen molar-refractivity contribution in [1.82, 2.24) is 15.0 Å². The molecule has 1 aromatic carbocycles. The number of aliphatic hydroxyl groups excluding tert-OH is 1. The number of benzene rings is 1. The summed E-state index contributed by atoms with van der Waals surface area (Å²) < 4.78 is 5.38. The lowest BCUT2D eigenvalue weighted by atomic mass is 9.93. The zero-order valence-electron chi connectivity index (χ0n) is 18.1. The number of likely N-dealkylation sites (tertiary alicyclic amines) is 2. The lowest BCUT2D eigenvalue weighted by Crippen LogP contribution is -2.42. The van der Waals surface area contributed by atoms with Crippen molar-refractivity contribution in [2.24, 2.45) is 0 Å². The molecule has 1 atom stereocenters. The van der Waals surface area contributed by atoms with E-state index in [-0.39, 0.29) is 5.91 Å². The van der Waals surface area contributed by atoms with E-state index in [1.165, 1.54) is 11.1 Å². The van der Waals surface area contributed by atoms with E-state index in [1.54, 1.807) is 4.90 Å². The zero-order chi connectivity index (χ0) is 21.1. The smallest absolute Gasteiger partial charge is 0.292 e. The van der Waals surface area contributed by atoms with Gasteiger partial charge in [-0.1, -0.05) is 43.3 Å². The molecule has 1 aromatic heterocycles. The Morgan fingerprint density at radius 2 is 1.90 bits per heavy atom. The molecule has 0 radical (unpaired) electrons. The van der Waals surface area contributed by atoms with E-state index < -0.39 is 6.10 Å². The minimum absolute atomic E-state index is 0.158. The maximum atomic E-state index is 12.6. The summed E-state index contributed by atoms with van der Waals surface area (Å²) in [5, 5.41) is 14.0. The Bertz CT molecular complexity index is 838. The van der Waals surface area contributed by atoms with Gasteiger partial charge < -0.3 is 14.5 Å².